The SMILES string of the molecule is CCC[CH2][Ge](/[CH]=C/CCCO)([CH2]CCC)[CH2]CCC. The molecule has 1 N–H and O–H groups in total. The van der Waals surface area contributed by atoms with Crippen LogP contribution >= 0.6 is 0 Å². The number of unbranched alkanes of at least 4 members (excludes halogenated alkanes) is 4. The fraction of sp³-hybridized carbons (Fsp3) is 0.882. The zero-order chi connectivity index (χ0) is 14.4. The van der Waals surface area contributed by atoms with Crippen LogP contribution in [0.5, 0.6) is 0 Å². The number of aliphatic hydroxyl groups excluding tert-OH is 1. The Kier molecular flexibility index (Phi) is 13.4. The van der Waals surface area contributed by atoms with E-state index in [4.69, 9.17) is 5.11 Å². The van der Waals surface area contributed by atoms with Crippen molar-refractivity contribution in [2.45, 2.75) is 87.9 Å². The zero-order valence-electron chi connectivity index (χ0n) is 13.6. The summed E-state index contributed by atoms with van der Waals surface area (Å²) in [5, 5.41) is 13.5. The van der Waals surface area contributed by atoms with Crippen LogP contribution in [-0.2, 0) is 0 Å². The average Bonchev–Trinajstić information content (AvgIpc) is 2.44. The molecular formula is C17H36GeO. The molecule has 0 aliphatic heterocycles. The van der Waals surface area contributed by atoms with Crippen molar-refractivity contribution in [2.24, 2.45) is 0 Å². The molecule has 0 aromatic carbocycles. The van der Waals surface area contributed by atoms with Crippen molar-refractivity contribution >= 4 is 13.3 Å². The third kappa shape index (κ3) is 9.73. The first kappa shape index (κ1) is 19.2. The summed E-state index contributed by atoms with van der Waals surface area (Å²) in [6.07, 6.45) is 12.7. The Morgan fingerprint density at radius 3 is 1.63 bits per heavy atom. The topological polar surface area (TPSA) is 20.2 Å². The van der Waals surface area contributed by atoms with Gasteiger partial charge in [-0.15, -0.1) is 0 Å². The molecule has 0 spiro atoms. The van der Waals surface area contributed by atoms with Crippen LogP contribution in [0, 0.1) is 0 Å². The molecule has 0 radical (unpaired) electrons. The predicted octanol–water partition coefficient (Wildman–Crippen LogP) is 5.70. The van der Waals surface area contributed by atoms with E-state index in [0.29, 0.717) is 6.61 Å². The minimum atomic E-state index is -1.74. The van der Waals surface area contributed by atoms with E-state index >= 15 is 0 Å². The first-order chi connectivity index (χ1) is 9.24. The van der Waals surface area contributed by atoms with E-state index in [9.17, 15) is 0 Å². The van der Waals surface area contributed by atoms with Crippen LogP contribution in [0.2, 0.25) is 15.8 Å². The molecule has 0 bridgehead atoms. The van der Waals surface area contributed by atoms with E-state index in [-0.39, 0.29) is 0 Å². The Labute approximate surface area is 124 Å². The second kappa shape index (κ2) is 13.2. The van der Waals surface area contributed by atoms with Gasteiger partial charge in [-0.2, -0.15) is 0 Å². The molecule has 0 aliphatic rings. The van der Waals surface area contributed by atoms with Crippen molar-refractivity contribution in [3.63, 3.8) is 0 Å². The number of hydrogen-bond acceptors (Lipinski definition) is 1. The monoisotopic (exact) mass is 330 g/mol. The molecule has 0 unspecified atom stereocenters. The van der Waals surface area contributed by atoms with Gasteiger partial charge in [-0.3, -0.25) is 0 Å². The third-order valence-electron chi connectivity index (χ3n) is 4.08. The standard InChI is InChI=1S/C17H36GeO/c1-4-7-13-18(14-8-5-2,15-9-6-3)16-11-10-12-17-19/h11,16,19H,4-10,12-15,17H2,1-3H3/b16-11+. The van der Waals surface area contributed by atoms with Gasteiger partial charge in [0.25, 0.3) is 0 Å². The van der Waals surface area contributed by atoms with E-state index in [2.05, 4.69) is 31.8 Å². The molecule has 0 heterocycles. The van der Waals surface area contributed by atoms with Gasteiger partial charge in [0, 0.05) is 0 Å². The molecule has 0 rings (SSSR count). The van der Waals surface area contributed by atoms with Crippen LogP contribution < -0.4 is 0 Å². The molecule has 0 saturated carbocycles. The Hall–Kier alpha value is 0.243. The van der Waals surface area contributed by atoms with E-state index in [0.717, 1.165) is 12.8 Å². The molecule has 0 atom stereocenters. The summed E-state index contributed by atoms with van der Waals surface area (Å²) >= 11 is -1.74. The van der Waals surface area contributed by atoms with E-state index in [1.54, 1.807) is 0 Å². The molecule has 114 valence electrons. The number of hydrogen-bond donors (Lipinski definition) is 1. The Morgan fingerprint density at radius 2 is 1.26 bits per heavy atom. The van der Waals surface area contributed by atoms with Crippen molar-refractivity contribution in [1.82, 2.24) is 0 Å². The maximum absolute atomic E-state index is 8.90. The molecule has 19 heavy (non-hydrogen) atoms. The van der Waals surface area contributed by atoms with Crippen LogP contribution in [0.25, 0.3) is 0 Å². The Bertz CT molecular complexity index is 192. The summed E-state index contributed by atoms with van der Waals surface area (Å²) in [7, 11) is 0. The van der Waals surface area contributed by atoms with Gasteiger partial charge in [0.1, 0.15) is 0 Å². The fourth-order valence-corrected chi connectivity index (χ4v) is 13.4. The number of rotatable bonds is 13. The molecule has 2 heteroatoms. The van der Waals surface area contributed by atoms with E-state index < -0.39 is 13.3 Å². The fourth-order valence-electron chi connectivity index (χ4n) is 2.75. The summed E-state index contributed by atoms with van der Waals surface area (Å²) in [6.45, 7) is 7.30. The molecular weight excluding hydrogens is 293 g/mol. The Morgan fingerprint density at radius 1 is 0.789 bits per heavy atom. The van der Waals surface area contributed by atoms with Gasteiger partial charge in [0.15, 0.2) is 0 Å². The van der Waals surface area contributed by atoms with Gasteiger partial charge >= 0.3 is 124 Å². The first-order valence-corrected chi connectivity index (χ1v) is 14.2. The van der Waals surface area contributed by atoms with Gasteiger partial charge in [-0.25, -0.2) is 0 Å². The second-order valence-electron chi connectivity index (χ2n) is 5.94. The Balaban J connectivity index is 4.60. The second-order valence-corrected chi connectivity index (χ2v) is 15.5. The van der Waals surface area contributed by atoms with Crippen LogP contribution in [0.4, 0.5) is 0 Å². The van der Waals surface area contributed by atoms with Crippen molar-refractivity contribution in [3.8, 4) is 0 Å². The molecule has 0 fully saturated rings. The normalized spacial score (nSPS) is 12.4. The van der Waals surface area contributed by atoms with E-state index in [1.807, 2.05) is 0 Å². The molecule has 0 aromatic heterocycles. The number of aliphatic hydroxyl groups is 1. The van der Waals surface area contributed by atoms with Crippen molar-refractivity contribution < 1.29 is 5.11 Å². The van der Waals surface area contributed by atoms with Crippen molar-refractivity contribution in [2.75, 3.05) is 6.61 Å². The number of allylic oxidation sites excluding steroid dienone is 1. The summed E-state index contributed by atoms with van der Waals surface area (Å²) in [4.78, 5) is 2.69. The van der Waals surface area contributed by atoms with Crippen molar-refractivity contribution in [1.29, 1.82) is 0 Å². The summed E-state index contributed by atoms with van der Waals surface area (Å²) < 4.78 is 0. The van der Waals surface area contributed by atoms with Crippen molar-refractivity contribution in [3.05, 3.63) is 11.0 Å². The zero-order valence-corrected chi connectivity index (χ0v) is 15.7. The quantitative estimate of drug-likeness (QED) is 0.339. The molecule has 0 aromatic rings. The van der Waals surface area contributed by atoms with Gasteiger partial charge in [0.05, 0.1) is 0 Å². The summed E-state index contributed by atoms with van der Waals surface area (Å²) in [6, 6.07) is 0. The predicted molar refractivity (Wildman–Crippen MR) is 90.4 cm³/mol. The average molecular weight is 329 g/mol. The molecule has 0 amide bonds. The van der Waals surface area contributed by atoms with Crippen LogP contribution in [0.1, 0.15) is 72.1 Å². The summed E-state index contributed by atoms with van der Waals surface area (Å²) in [5.74, 6) is 0. The molecule has 0 saturated heterocycles. The van der Waals surface area contributed by atoms with Gasteiger partial charge < -0.3 is 0 Å². The van der Waals surface area contributed by atoms with Gasteiger partial charge in [0.2, 0.25) is 0 Å². The van der Waals surface area contributed by atoms with E-state index in [1.165, 1.54) is 54.3 Å². The minimum absolute atomic E-state index is 0.337. The van der Waals surface area contributed by atoms with Crippen LogP contribution in [-0.4, -0.2) is 25.0 Å². The maximum atomic E-state index is 8.90. The van der Waals surface area contributed by atoms with Crippen LogP contribution in [0.15, 0.2) is 11.0 Å². The third-order valence-corrected chi connectivity index (χ3v) is 14.6. The summed E-state index contributed by atoms with van der Waals surface area (Å²) in [5.41, 5.74) is 0. The first-order valence-electron chi connectivity index (χ1n) is 8.53. The molecule has 1 nitrogen and oxygen atoms in total. The van der Waals surface area contributed by atoms with Crippen LogP contribution in [0.3, 0.4) is 0 Å². The van der Waals surface area contributed by atoms with Gasteiger partial charge in [-0.1, -0.05) is 0 Å². The molecule has 0 aliphatic carbocycles. The van der Waals surface area contributed by atoms with Gasteiger partial charge in [-0.05, 0) is 0 Å².